The lowest BCUT2D eigenvalue weighted by Crippen LogP contribution is -2.28. The van der Waals surface area contributed by atoms with Crippen LogP contribution in [-0.4, -0.2) is 18.6 Å². The van der Waals surface area contributed by atoms with Gasteiger partial charge in [0.1, 0.15) is 12.4 Å². The number of rotatable bonds is 5. The van der Waals surface area contributed by atoms with Gasteiger partial charge in [-0.25, -0.2) is 4.39 Å². The van der Waals surface area contributed by atoms with E-state index in [1.54, 1.807) is 0 Å². The highest BCUT2D eigenvalue weighted by Gasteiger charge is 2.20. The summed E-state index contributed by atoms with van der Waals surface area (Å²) in [4.78, 5) is 10.8. The molecule has 1 amide bonds. The van der Waals surface area contributed by atoms with Crippen molar-refractivity contribution in [2.24, 2.45) is 0 Å². The molecule has 0 aliphatic carbocycles. The summed E-state index contributed by atoms with van der Waals surface area (Å²) in [5, 5.41) is 2.76. The van der Waals surface area contributed by atoms with E-state index in [1.165, 1.54) is 18.4 Å². The van der Waals surface area contributed by atoms with Gasteiger partial charge in [-0.3, -0.25) is 4.79 Å². The standard InChI is InChI=1S/C11H14FNO2/c1-2-9(12)4-3-7-15-8-10-5-6-11(14)13-10/h2-4,7,10H,1,5-6,8H2,(H,13,14)/b7-3+,9-4+. The molecule has 3 nitrogen and oxygen atoms in total. The van der Waals surface area contributed by atoms with Crippen molar-refractivity contribution in [1.29, 1.82) is 0 Å². The Morgan fingerprint density at radius 1 is 1.73 bits per heavy atom. The van der Waals surface area contributed by atoms with Gasteiger partial charge in [-0.2, -0.15) is 0 Å². The number of hydrogen-bond donors (Lipinski definition) is 1. The van der Waals surface area contributed by atoms with Crippen LogP contribution in [0.15, 0.2) is 36.9 Å². The summed E-state index contributed by atoms with van der Waals surface area (Å²) in [5.41, 5.74) is 0. The van der Waals surface area contributed by atoms with E-state index in [4.69, 9.17) is 4.74 Å². The molecule has 15 heavy (non-hydrogen) atoms. The molecule has 1 aliphatic heterocycles. The minimum Gasteiger partial charge on any atom is -0.499 e. The molecule has 1 unspecified atom stereocenters. The first kappa shape index (κ1) is 11.5. The number of halogens is 1. The molecule has 0 radical (unpaired) electrons. The van der Waals surface area contributed by atoms with Gasteiger partial charge in [0.2, 0.25) is 5.91 Å². The molecule has 0 bridgehead atoms. The van der Waals surface area contributed by atoms with Crippen LogP contribution in [0.1, 0.15) is 12.8 Å². The first-order valence-electron chi connectivity index (χ1n) is 4.78. The first-order chi connectivity index (χ1) is 7.22. The molecular weight excluding hydrogens is 197 g/mol. The number of ether oxygens (including phenoxy) is 1. The van der Waals surface area contributed by atoms with Gasteiger partial charge in [0.15, 0.2) is 0 Å². The van der Waals surface area contributed by atoms with Gasteiger partial charge >= 0.3 is 0 Å². The van der Waals surface area contributed by atoms with Gasteiger partial charge in [-0.15, -0.1) is 0 Å². The monoisotopic (exact) mass is 211 g/mol. The smallest absolute Gasteiger partial charge is 0.220 e. The fourth-order valence-corrected chi connectivity index (χ4v) is 1.23. The molecule has 0 aromatic heterocycles. The first-order valence-corrected chi connectivity index (χ1v) is 4.78. The Labute approximate surface area is 88.3 Å². The minimum absolute atomic E-state index is 0.0603. The Balaban J connectivity index is 2.16. The van der Waals surface area contributed by atoms with E-state index in [9.17, 15) is 9.18 Å². The minimum atomic E-state index is -0.413. The number of hydrogen-bond acceptors (Lipinski definition) is 2. The van der Waals surface area contributed by atoms with Gasteiger partial charge < -0.3 is 10.1 Å². The molecule has 0 saturated carbocycles. The highest BCUT2D eigenvalue weighted by molar-refractivity contribution is 5.78. The summed E-state index contributed by atoms with van der Waals surface area (Å²) in [7, 11) is 0. The van der Waals surface area contributed by atoms with Crippen molar-refractivity contribution in [3.05, 3.63) is 36.9 Å². The van der Waals surface area contributed by atoms with Crippen LogP contribution in [0, 0.1) is 0 Å². The lowest BCUT2D eigenvalue weighted by molar-refractivity contribution is -0.119. The number of carbonyl (C=O) groups is 1. The van der Waals surface area contributed by atoms with Crippen molar-refractivity contribution in [1.82, 2.24) is 5.32 Å². The summed E-state index contributed by atoms with van der Waals surface area (Å²) in [6.45, 7) is 3.69. The lowest BCUT2D eigenvalue weighted by Gasteiger charge is -2.07. The van der Waals surface area contributed by atoms with Crippen molar-refractivity contribution in [3.63, 3.8) is 0 Å². The van der Waals surface area contributed by atoms with Crippen LogP contribution in [0.3, 0.4) is 0 Å². The number of carbonyl (C=O) groups excluding carboxylic acids is 1. The van der Waals surface area contributed by atoms with E-state index in [1.807, 2.05) is 0 Å². The summed E-state index contributed by atoms with van der Waals surface area (Å²) < 4.78 is 17.6. The molecule has 0 aromatic rings. The molecule has 1 fully saturated rings. The second-order valence-corrected chi connectivity index (χ2v) is 3.22. The Bertz CT molecular complexity index is 297. The zero-order valence-corrected chi connectivity index (χ0v) is 8.41. The Kier molecular flexibility index (Phi) is 4.60. The third kappa shape index (κ3) is 4.44. The highest BCUT2D eigenvalue weighted by atomic mass is 19.1. The van der Waals surface area contributed by atoms with Crippen LogP contribution >= 0.6 is 0 Å². The van der Waals surface area contributed by atoms with E-state index in [0.717, 1.165) is 12.5 Å². The van der Waals surface area contributed by atoms with E-state index >= 15 is 0 Å². The summed E-state index contributed by atoms with van der Waals surface area (Å²) >= 11 is 0. The largest absolute Gasteiger partial charge is 0.499 e. The normalized spacial score (nSPS) is 21.8. The van der Waals surface area contributed by atoms with E-state index in [0.29, 0.717) is 13.0 Å². The van der Waals surface area contributed by atoms with Crippen molar-refractivity contribution < 1.29 is 13.9 Å². The molecule has 4 heteroatoms. The van der Waals surface area contributed by atoms with Crippen LogP contribution in [0.25, 0.3) is 0 Å². The van der Waals surface area contributed by atoms with Gasteiger partial charge in [0.25, 0.3) is 0 Å². The topological polar surface area (TPSA) is 38.3 Å². The van der Waals surface area contributed by atoms with Crippen LogP contribution < -0.4 is 5.32 Å². The van der Waals surface area contributed by atoms with Gasteiger partial charge in [0, 0.05) is 6.42 Å². The zero-order valence-electron chi connectivity index (χ0n) is 8.41. The molecule has 1 heterocycles. The zero-order chi connectivity index (χ0) is 11.1. The van der Waals surface area contributed by atoms with E-state index in [2.05, 4.69) is 11.9 Å². The summed E-state index contributed by atoms with van der Waals surface area (Å²) in [6.07, 6.45) is 6.56. The number of nitrogens with one attached hydrogen (secondary N) is 1. The van der Waals surface area contributed by atoms with Crippen molar-refractivity contribution >= 4 is 5.91 Å². The Morgan fingerprint density at radius 2 is 2.53 bits per heavy atom. The predicted molar refractivity (Wildman–Crippen MR) is 55.6 cm³/mol. The molecule has 1 rings (SSSR count). The lowest BCUT2D eigenvalue weighted by atomic mass is 10.2. The average molecular weight is 211 g/mol. The quantitative estimate of drug-likeness (QED) is 0.556. The van der Waals surface area contributed by atoms with Crippen molar-refractivity contribution in [3.8, 4) is 0 Å². The maximum Gasteiger partial charge on any atom is 0.220 e. The van der Waals surface area contributed by atoms with Crippen LogP contribution in [0.2, 0.25) is 0 Å². The Hall–Kier alpha value is -1.58. The Morgan fingerprint density at radius 3 is 3.13 bits per heavy atom. The number of allylic oxidation sites excluding steroid dienone is 4. The highest BCUT2D eigenvalue weighted by Crippen LogP contribution is 2.06. The maximum absolute atomic E-state index is 12.5. The third-order valence-electron chi connectivity index (χ3n) is 2.01. The third-order valence-corrected chi connectivity index (χ3v) is 2.01. The fraction of sp³-hybridized carbons (Fsp3) is 0.364. The molecule has 82 valence electrons. The molecule has 0 aromatic carbocycles. The maximum atomic E-state index is 12.5. The van der Waals surface area contributed by atoms with Crippen molar-refractivity contribution in [2.75, 3.05) is 6.61 Å². The summed E-state index contributed by atoms with van der Waals surface area (Å²) in [5.74, 6) is -0.353. The molecular formula is C11H14FNO2. The van der Waals surface area contributed by atoms with Gasteiger partial charge in [0.05, 0.1) is 12.3 Å². The van der Waals surface area contributed by atoms with Gasteiger partial charge in [-0.1, -0.05) is 6.58 Å². The second-order valence-electron chi connectivity index (χ2n) is 3.22. The van der Waals surface area contributed by atoms with Crippen LogP contribution in [0.4, 0.5) is 4.39 Å². The van der Waals surface area contributed by atoms with Gasteiger partial charge in [-0.05, 0) is 24.6 Å². The molecule has 1 atom stereocenters. The SMILES string of the molecule is C=C/C(F)=C\C=C\OCC1CCC(=O)N1. The number of amides is 1. The molecule has 1 aliphatic rings. The summed E-state index contributed by atoms with van der Waals surface area (Å²) in [6, 6.07) is 0.0791. The van der Waals surface area contributed by atoms with E-state index < -0.39 is 5.83 Å². The molecule has 1 saturated heterocycles. The fourth-order valence-electron chi connectivity index (χ4n) is 1.23. The molecule has 0 spiro atoms. The van der Waals surface area contributed by atoms with Crippen LogP contribution in [-0.2, 0) is 9.53 Å². The molecule has 1 N–H and O–H groups in total. The average Bonchev–Trinajstić information content (AvgIpc) is 2.63. The predicted octanol–water partition coefficient (Wildman–Crippen LogP) is 1.83. The van der Waals surface area contributed by atoms with E-state index in [-0.39, 0.29) is 11.9 Å². The van der Waals surface area contributed by atoms with Crippen LogP contribution in [0.5, 0.6) is 0 Å². The van der Waals surface area contributed by atoms with Crippen molar-refractivity contribution in [2.45, 2.75) is 18.9 Å². The second kappa shape index (κ2) is 6.01.